The second-order valence-electron chi connectivity index (χ2n) is 3.28. The monoisotopic (exact) mass is 326 g/mol. The van der Waals surface area contributed by atoms with E-state index in [1.54, 1.807) is 0 Å². The maximum Gasteiger partial charge on any atom is 0.163 e. The van der Waals surface area contributed by atoms with E-state index >= 15 is 0 Å². The third-order valence-electron chi connectivity index (χ3n) is 2.10. The Kier molecular flexibility index (Phi) is 3.80. The van der Waals surface area contributed by atoms with Crippen molar-refractivity contribution in [3.8, 4) is 17.6 Å². The van der Waals surface area contributed by atoms with Gasteiger partial charge in [-0.3, -0.25) is 4.98 Å². The number of ether oxygens (including phenoxy) is 1. The lowest BCUT2D eigenvalue weighted by Gasteiger charge is -2.09. The standard InChI is InChI=1S/C12H5BrClFN2O/c13-8-3-9(14)11(4-10(8)15)18-12-6-17-2-1-7(12)5-16/h1-4,6H. The third kappa shape index (κ3) is 2.61. The average molecular weight is 328 g/mol. The van der Waals surface area contributed by atoms with Gasteiger partial charge in [-0.05, 0) is 28.1 Å². The van der Waals surface area contributed by atoms with Gasteiger partial charge in [0.15, 0.2) is 5.75 Å². The molecule has 0 bridgehead atoms. The van der Waals surface area contributed by atoms with Gasteiger partial charge in [0.25, 0.3) is 0 Å². The Morgan fingerprint density at radius 2 is 2.17 bits per heavy atom. The summed E-state index contributed by atoms with van der Waals surface area (Å²) in [4.78, 5) is 3.84. The zero-order valence-electron chi connectivity index (χ0n) is 8.82. The van der Waals surface area contributed by atoms with Crippen LogP contribution in [0.15, 0.2) is 35.1 Å². The van der Waals surface area contributed by atoms with E-state index in [1.165, 1.54) is 24.5 Å². The first-order valence-electron chi connectivity index (χ1n) is 4.78. The Balaban J connectivity index is 2.41. The first-order valence-corrected chi connectivity index (χ1v) is 5.95. The molecule has 0 aliphatic rings. The van der Waals surface area contributed by atoms with Crippen molar-refractivity contribution in [1.29, 1.82) is 5.26 Å². The van der Waals surface area contributed by atoms with Gasteiger partial charge in [0.05, 0.1) is 21.3 Å². The molecule has 1 heterocycles. The Morgan fingerprint density at radius 1 is 1.39 bits per heavy atom. The molecule has 0 saturated heterocycles. The minimum Gasteiger partial charge on any atom is -0.453 e. The summed E-state index contributed by atoms with van der Waals surface area (Å²) in [6.45, 7) is 0. The molecule has 1 aromatic carbocycles. The van der Waals surface area contributed by atoms with Gasteiger partial charge in [-0.1, -0.05) is 11.6 Å². The van der Waals surface area contributed by atoms with Crippen LogP contribution in [-0.2, 0) is 0 Å². The van der Waals surface area contributed by atoms with E-state index < -0.39 is 5.82 Å². The summed E-state index contributed by atoms with van der Waals surface area (Å²) in [5, 5.41) is 9.12. The fourth-order valence-electron chi connectivity index (χ4n) is 1.25. The van der Waals surface area contributed by atoms with E-state index in [0.717, 1.165) is 6.07 Å². The minimum atomic E-state index is -0.503. The summed E-state index contributed by atoms with van der Waals surface area (Å²) in [5.74, 6) is -0.151. The molecule has 0 atom stereocenters. The van der Waals surface area contributed by atoms with Crippen LogP contribution in [0.25, 0.3) is 0 Å². The lowest BCUT2D eigenvalue weighted by Crippen LogP contribution is -1.91. The van der Waals surface area contributed by atoms with Crippen molar-refractivity contribution in [2.24, 2.45) is 0 Å². The highest BCUT2D eigenvalue weighted by Gasteiger charge is 2.11. The molecule has 0 unspecified atom stereocenters. The molecule has 0 amide bonds. The lowest BCUT2D eigenvalue weighted by atomic mass is 10.2. The normalized spacial score (nSPS) is 9.89. The molecule has 0 fully saturated rings. The molecule has 2 aromatic rings. The highest BCUT2D eigenvalue weighted by atomic mass is 79.9. The van der Waals surface area contributed by atoms with Gasteiger partial charge >= 0.3 is 0 Å². The van der Waals surface area contributed by atoms with Crippen LogP contribution in [0.2, 0.25) is 5.02 Å². The molecule has 0 saturated carbocycles. The summed E-state index contributed by atoms with van der Waals surface area (Å²) in [6.07, 6.45) is 2.84. The average Bonchev–Trinajstić information content (AvgIpc) is 2.36. The van der Waals surface area contributed by atoms with Crippen molar-refractivity contribution in [1.82, 2.24) is 4.98 Å². The Hall–Kier alpha value is -1.64. The lowest BCUT2D eigenvalue weighted by molar-refractivity contribution is 0.472. The van der Waals surface area contributed by atoms with Crippen molar-refractivity contribution in [3.63, 3.8) is 0 Å². The molecule has 3 nitrogen and oxygen atoms in total. The summed E-state index contributed by atoms with van der Waals surface area (Å²) in [5.41, 5.74) is 0.296. The number of benzene rings is 1. The van der Waals surface area contributed by atoms with Gasteiger partial charge in [0, 0.05) is 12.3 Å². The highest BCUT2D eigenvalue weighted by molar-refractivity contribution is 9.10. The number of hydrogen-bond donors (Lipinski definition) is 0. The number of hydrogen-bond acceptors (Lipinski definition) is 3. The largest absolute Gasteiger partial charge is 0.453 e. The van der Waals surface area contributed by atoms with Crippen LogP contribution in [-0.4, -0.2) is 4.98 Å². The summed E-state index contributed by atoms with van der Waals surface area (Å²) >= 11 is 8.94. The molecule has 18 heavy (non-hydrogen) atoms. The predicted octanol–water partition coefficient (Wildman–Crippen LogP) is 4.30. The number of halogens is 3. The van der Waals surface area contributed by atoms with E-state index in [4.69, 9.17) is 21.6 Å². The van der Waals surface area contributed by atoms with Gasteiger partial charge in [0.2, 0.25) is 0 Å². The summed E-state index contributed by atoms with van der Waals surface area (Å²) in [7, 11) is 0. The number of nitrogens with zero attached hydrogens (tertiary/aromatic N) is 2. The summed E-state index contributed by atoms with van der Waals surface area (Å²) < 4.78 is 19.0. The molecule has 0 spiro atoms. The van der Waals surface area contributed by atoms with E-state index in [2.05, 4.69) is 20.9 Å². The number of rotatable bonds is 2. The van der Waals surface area contributed by atoms with Crippen LogP contribution >= 0.6 is 27.5 Å². The van der Waals surface area contributed by atoms with Crippen molar-refractivity contribution in [2.75, 3.05) is 0 Å². The number of aromatic nitrogens is 1. The maximum absolute atomic E-state index is 13.4. The quantitative estimate of drug-likeness (QED) is 0.773. The van der Waals surface area contributed by atoms with Crippen LogP contribution < -0.4 is 4.74 Å². The van der Waals surface area contributed by atoms with Crippen molar-refractivity contribution in [3.05, 3.63) is 51.5 Å². The van der Waals surface area contributed by atoms with Gasteiger partial charge in [-0.25, -0.2) is 4.39 Å². The van der Waals surface area contributed by atoms with Crippen LogP contribution in [0.4, 0.5) is 4.39 Å². The SMILES string of the molecule is N#Cc1ccncc1Oc1cc(F)c(Br)cc1Cl. The zero-order chi connectivity index (χ0) is 13.1. The molecular weight excluding hydrogens is 322 g/mol. The Bertz CT molecular complexity index is 642. The number of pyridine rings is 1. The topological polar surface area (TPSA) is 45.9 Å². The molecule has 2 rings (SSSR count). The molecule has 0 aliphatic carbocycles. The van der Waals surface area contributed by atoms with E-state index in [1.807, 2.05) is 6.07 Å². The molecule has 0 N–H and O–H groups in total. The van der Waals surface area contributed by atoms with Crippen molar-refractivity contribution in [2.45, 2.75) is 0 Å². The van der Waals surface area contributed by atoms with Crippen molar-refractivity contribution < 1.29 is 9.13 Å². The molecule has 90 valence electrons. The maximum atomic E-state index is 13.4. The first-order chi connectivity index (χ1) is 8.61. The van der Waals surface area contributed by atoms with Crippen molar-refractivity contribution >= 4 is 27.5 Å². The van der Waals surface area contributed by atoms with Crippen LogP contribution in [0.5, 0.6) is 11.5 Å². The van der Waals surface area contributed by atoms with Gasteiger partial charge in [-0.15, -0.1) is 0 Å². The second-order valence-corrected chi connectivity index (χ2v) is 4.54. The third-order valence-corrected chi connectivity index (χ3v) is 3.00. The Labute approximate surface area is 116 Å². The van der Waals surface area contributed by atoms with E-state index in [-0.39, 0.29) is 21.0 Å². The Morgan fingerprint density at radius 3 is 2.89 bits per heavy atom. The molecule has 0 radical (unpaired) electrons. The highest BCUT2D eigenvalue weighted by Crippen LogP contribution is 2.34. The summed E-state index contributed by atoms with van der Waals surface area (Å²) in [6, 6.07) is 5.97. The molecule has 6 heteroatoms. The second kappa shape index (κ2) is 5.34. The van der Waals surface area contributed by atoms with Crippen LogP contribution in [0.3, 0.4) is 0 Å². The fourth-order valence-corrected chi connectivity index (χ4v) is 1.93. The fraction of sp³-hybridized carbons (Fsp3) is 0. The number of nitriles is 1. The molecule has 0 aliphatic heterocycles. The smallest absolute Gasteiger partial charge is 0.163 e. The van der Waals surface area contributed by atoms with Crippen LogP contribution in [0.1, 0.15) is 5.56 Å². The minimum absolute atomic E-state index is 0.127. The van der Waals surface area contributed by atoms with Gasteiger partial charge in [0.1, 0.15) is 17.6 Å². The predicted molar refractivity (Wildman–Crippen MR) is 68.1 cm³/mol. The molecule has 1 aromatic heterocycles. The van der Waals surface area contributed by atoms with Crippen LogP contribution in [0, 0.1) is 17.1 Å². The van der Waals surface area contributed by atoms with E-state index in [0.29, 0.717) is 5.56 Å². The van der Waals surface area contributed by atoms with Gasteiger partial charge < -0.3 is 4.74 Å². The zero-order valence-corrected chi connectivity index (χ0v) is 11.2. The van der Waals surface area contributed by atoms with Gasteiger partial charge in [-0.2, -0.15) is 5.26 Å². The van der Waals surface area contributed by atoms with E-state index in [9.17, 15) is 4.39 Å². The first kappa shape index (κ1) is 12.8. The molecular formula is C12H5BrClFN2O.